The zero-order valence-corrected chi connectivity index (χ0v) is 20.7. The first-order valence-electron chi connectivity index (χ1n) is 10.8. The van der Waals surface area contributed by atoms with E-state index in [2.05, 4.69) is 53.6 Å². The number of benzene rings is 2. The molecule has 1 N–H and O–H groups in total. The average Bonchev–Trinajstić information content (AvgIpc) is 3.23. The summed E-state index contributed by atoms with van der Waals surface area (Å²) in [6.45, 7) is 10.9. The smallest absolute Gasteiger partial charge is 0.270 e. The molecule has 1 amide bonds. The summed E-state index contributed by atoms with van der Waals surface area (Å²) in [5.74, 6) is 0.550. The van der Waals surface area contributed by atoms with Crippen LogP contribution >= 0.6 is 11.8 Å². The minimum atomic E-state index is -0.469. The van der Waals surface area contributed by atoms with Gasteiger partial charge in [-0.15, -0.1) is 10.2 Å². The van der Waals surface area contributed by atoms with E-state index in [0.717, 1.165) is 11.4 Å². The summed E-state index contributed by atoms with van der Waals surface area (Å²) in [6.07, 6.45) is 0. The number of nitro benzene ring substituents is 1. The number of nitrogens with one attached hydrogen (secondary N) is 1. The van der Waals surface area contributed by atoms with Crippen molar-refractivity contribution in [3.8, 4) is 11.4 Å². The van der Waals surface area contributed by atoms with Gasteiger partial charge in [0.25, 0.3) is 11.6 Å². The molecule has 1 aromatic heterocycles. The SMILES string of the molecule is CCn1c(SCC(=O)N/N=C(/C)c2cccc([N+](=O)[O-])c2)nnc1-c1ccc(C(C)(C)C)cc1. The second-order valence-electron chi connectivity index (χ2n) is 8.71. The predicted octanol–water partition coefficient (Wildman–Crippen LogP) is 4.80. The van der Waals surface area contributed by atoms with Crippen molar-refractivity contribution >= 4 is 29.1 Å². The largest absolute Gasteiger partial charge is 0.302 e. The van der Waals surface area contributed by atoms with Gasteiger partial charge >= 0.3 is 0 Å². The number of carbonyl (C=O) groups excluding carboxylic acids is 1. The van der Waals surface area contributed by atoms with Crippen molar-refractivity contribution in [1.29, 1.82) is 0 Å². The van der Waals surface area contributed by atoms with Crippen LogP contribution in [0.5, 0.6) is 0 Å². The molecule has 9 nitrogen and oxygen atoms in total. The van der Waals surface area contributed by atoms with E-state index in [1.807, 2.05) is 23.6 Å². The van der Waals surface area contributed by atoms with Crippen LogP contribution in [-0.4, -0.2) is 37.1 Å². The van der Waals surface area contributed by atoms with Crippen molar-refractivity contribution in [3.63, 3.8) is 0 Å². The minimum absolute atomic E-state index is 0.0308. The van der Waals surface area contributed by atoms with Gasteiger partial charge in [0.2, 0.25) is 0 Å². The first-order chi connectivity index (χ1) is 16.1. The first-order valence-corrected chi connectivity index (χ1v) is 11.8. The molecule has 0 unspecified atom stereocenters. The number of hydrazone groups is 1. The lowest BCUT2D eigenvalue weighted by Gasteiger charge is -2.19. The van der Waals surface area contributed by atoms with Gasteiger partial charge in [0.15, 0.2) is 11.0 Å². The lowest BCUT2D eigenvalue weighted by molar-refractivity contribution is -0.384. The number of carbonyl (C=O) groups is 1. The first kappa shape index (κ1) is 25.1. The molecule has 3 rings (SSSR count). The highest BCUT2D eigenvalue weighted by molar-refractivity contribution is 7.99. The van der Waals surface area contributed by atoms with Gasteiger partial charge in [-0.05, 0) is 24.8 Å². The molecule has 0 saturated heterocycles. The van der Waals surface area contributed by atoms with Gasteiger partial charge in [-0.3, -0.25) is 14.9 Å². The maximum absolute atomic E-state index is 12.3. The van der Waals surface area contributed by atoms with Crippen LogP contribution in [-0.2, 0) is 16.8 Å². The molecule has 0 atom stereocenters. The number of rotatable bonds is 8. The highest BCUT2D eigenvalue weighted by Gasteiger charge is 2.17. The Balaban J connectivity index is 1.65. The number of non-ortho nitro benzene ring substituents is 1. The van der Waals surface area contributed by atoms with Gasteiger partial charge < -0.3 is 4.57 Å². The fourth-order valence-corrected chi connectivity index (χ4v) is 4.03. The quantitative estimate of drug-likeness (QED) is 0.214. The van der Waals surface area contributed by atoms with E-state index in [-0.39, 0.29) is 22.8 Å². The van der Waals surface area contributed by atoms with Crippen LogP contribution in [0, 0.1) is 10.1 Å². The van der Waals surface area contributed by atoms with Crippen molar-refractivity contribution in [3.05, 3.63) is 69.8 Å². The Kier molecular flexibility index (Phi) is 7.83. The van der Waals surface area contributed by atoms with Crippen LogP contribution in [0.15, 0.2) is 58.8 Å². The van der Waals surface area contributed by atoms with Gasteiger partial charge in [0.1, 0.15) is 0 Å². The highest BCUT2D eigenvalue weighted by atomic mass is 32.2. The fourth-order valence-electron chi connectivity index (χ4n) is 3.23. The molecule has 1 heterocycles. The zero-order chi connectivity index (χ0) is 24.9. The third kappa shape index (κ3) is 6.07. The van der Waals surface area contributed by atoms with Crippen LogP contribution < -0.4 is 5.43 Å². The Bertz CT molecular complexity index is 1210. The summed E-state index contributed by atoms with van der Waals surface area (Å²) in [6, 6.07) is 14.4. The second kappa shape index (κ2) is 10.6. The number of nitro groups is 1. The van der Waals surface area contributed by atoms with Crippen LogP contribution in [0.1, 0.15) is 45.7 Å². The Labute approximate surface area is 202 Å². The molecule has 178 valence electrons. The third-order valence-corrected chi connectivity index (χ3v) is 6.16. The van der Waals surface area contributed by atoms with E-state index in [9.17, 15) is 14.9 Å². The van der Waals surface area contributed by atoms with Gasteiger partial charge in [-0.2, -0.15) is 5.10 Å². The standard InChI is InChI=1S/C24H28N6O3S/c1-6-29-22(17-10-12-19(13-11-17)24(3,4)5)27-28-23(29)34-15-21(31)26-25-16(2)18-8-7-9-20(14-18)30(32)33/h7-14H,6,15H2,1-5H3,(H,26,31)/b25-16-. The summed E-state index contributed by atoms with van der Waals surface area (Å²) in [5, 5.41) is 24.3. The van der Waals surface area contributed by atoms with Crippen molar-refractivity contribution in [2.75, 3.05) is 5.75 Å². The minimum Gasteiger partial charge on any atom is -0.302 e. The number of hydrogen-bond acceptors (Lipinski definition) is 7. The molecular weight excluding hydrogens is 452 g/mol. The van der Waals surface area contributed by atoms with Crippen molar-refractivity contribution < 1.29 is 9.72 Å². The Morgan fingerprint density at radius 3 is 2.50 bits per heavy atom. The van der Waals surface area contributed by atoms with E-state index >= 15 is 0 Å². The third-order valence-electron chi connectivity index (χ3n) is 5.20. The molecule has 34 heavy (non-hydrogen) atoms. The lowest BCUT2D eigenvalue weighted by Crippen LogP contribution is -2.21. The van der Waals surface area contributed by atoms with Gasteiger partial charge in [-0.1, -0.05) is 68.9 Å². The Morgan fingerprint density at radius 1 is 1.18 bits per heavy atom. The molecule has 10 heteroatoms. The fraction of sp³-hybridized carbons (Fsp3) is 0.333. The topological polar surface area (TPSA) is 115 Å². The lowest BCUT2D eigenvalue weighted by atomic mass is 9.87. The van der Waals surface area contributed by atoms with Gasteiger partial charge in [0.05, 0.1) is 16.4 Å². The summed E-state index contributed by atoms with van der Waals surface area (Å²) in [4.78, 5) is 22.8. The predicted molar refractivity (Wildman–Crippen MR) is 134 cm³/mol. The molecule has 2 aromatic carbocycles. The monoisotopic (exact) mass is 480 g/mol. The number of amides is 1. The molecule has 0 fully saturated rings. The van der Waals surface area contributed by atoms with Gasteiger partial charge in [-0.25, -0.2) is 5.43 Å². The summed E-state index contributed by atoms with van der Waals surface area (Å²) in [7, 11) is 0. The van der Waals surface area contributed by atoms with Crippen LogP contribution in [0.3, 0.4) is 0 Å². The van der Waals surface area contributed by atoms with E-state index in [0.29, 0.717) is 23.0 Å². The Hall–Kier alpha value is -3.53. The Morgan fingerprint density at radius 2 is 1.88 bits per heavy atom. The molecule has 0 bridgehead atoms. The molecule has 0 radical (unpaired) electrons. The summed E-state index contributed by atoms with van der Waals surface area (Å²) >= 11 is 1.28. The maximum Gasteiger partial charge on any atom is 0.270 e. The van der Waals surface area contributed by atoms with E-state index in [4.69, 9.17) is 0 Å². The van der Waals surface area contributed by atoms with E-state index in [1.165, 1.54) is 29.5 Å². The summed E-state index contributed by atoms with van der Waals surface area (Å²) in [5.41, 5.74) is 5.78. The van der Waals surface area contributed by atoms with Crippen molar-refractivity contribution in [2.24, 2.45) is 5.10 Å². The van der Waals surface area contributed by atoms with E-state index < -0.39 is 4.92 Å². The molecule has 0 aliphatic carbocycles. The molecule has 3 aromatic rings. The maximum atomic E-state index is 12.3. The number of aromatic nitrogens is 3. The molecule has 0 saturated carbocycles. The molecule has 0 spiro atoms. The van der Waals surface area contributed by atoms with Crippen LogP contribution in [0.2, 0.25) is 0 Å². The number of hydrogen-bond donors (Lipinski definition) is 1. The van der Waals surface area contributed by atoms with Crippen LogP contribution in [0.4, 0.5) is 5.69 Å². The number of nitrogens with zero attached hydrogens (tertiary/aromatic N) is 5. The normalized spacial score (nSPS) is 12.0. The molecular formula is C24H28N6O3S. The van der Waals surface area contributed by atoms with Crippen LogP contribution in [0.25, 0.3) is 11.4 Å². The molecule has 0 aliphatic heterocycles. The van der Waals surface area contributed by atoms with Gasteiger partial charge in [0, 0.05) is 29.8 Å². The second-order valence-corrected chi connectivity index (χ2v) is 9.65. The highest BCUT2D eigenvalue weighted by Crippen LogP contribution is 2.27. The molecule has 0 aliphatic rings. The van der Waals surface area contributed by atoms with E-state index in [1.54, 1.807) is 19.1 Å². The number of thioether (sulfide) groups is 1. The summed E-state index contributed by atoms with van der Waals surface area (Å²) < 4.78 is 1.97. The van der Waals surface area contributed by atoms with Crippen molar-refractivity contribution in [1.82, 2.24) is 20.2 Å². The van der Waals surface area contributed by atoms with Crippen molar-refractivity contribution in [2.45, 2.75) is 51.7 Å². The average molecular weight is 481 g/mol. The zero-order valence-electron chi connectivity index (χ0n) is 19.9.